The van der Waals surface area contributed by atoms with E-state index in [0.29, 0.717) is 0 Å². The minimum Gasteiger partial charge on any atom is -0.510 e. The SMILES string of the molecule is C/C(O)=C(\N=Nc1ccc([N+](=O)[O-])cc1)C(=O)O. The van der Waals surface area contributed by atoms with E-state index in [1.807, 2.05) is 0 Å². The Morgan fingerprint density at radius 3 is 2.22 bits per heavy atom. The number of non-ortho nitro benzene ring substituents is 1. The monoisotopic (exact) mass is 251 g/mol. The Labute approximate surface area is 101 Å². The van der Waals surface area contributed by atoms with Gasteiger partial charge in [0.2, 0.25) is 5.70 Å². The minimum absolute atomic E-state index is 0.110. The van der Waals surface area contributed by atoms with Crippen LogP contribution in [0.15, 0.2) is 46.0 Å². The standard InChI is InChI=1S/C10H9N3O5/c1-6(14)9(10(15)16)12-11-7-2-4-8(5-3-7)13(17)18/h2-5,14H,1H3,(H,15,16)/b9-6+,12-11?. The molecule has 18 heavy (non-hydrogen) atoms. The second kappa shape index (κ2) is 5.53. The van der Waals surface area contributed by atoms with Crippen LogP contribution < -0.4 is 0 Å². The van der Waals surface area contributed by atoms with Crippen LogP contribution in [0.2, 0.25) is 0 Å². The molecule has 0 spiro atoms. The summed E-state index contributed by atoms with van der Waals surface area (Å²) in [5.74, 6) is -1.89. The van der Waals surface area contributed by atoms with Crippen LogP contribution in [-0.2, 0) is 4.79 Å². The molecule has 0 aliphatic rings. The molecule has 1 aromatic carbocycles. The van der Waals surface area contributed by atoms with Gasteiger partial charge in [0.25, 0.3) is 5.69 Å². The number of hydrogen-bond acceptors (Lipinski definition) is 6. The highest BCUT2D eigenvalue weighted by molar-refractivity contribution is 5.86. The zero-order valence-electron chi connectivity index (χ0n) is 9.27. The van der Waals surface area contributed by atoms with E-state index in [0.717, 1.165) is 6.92 Å². The number of carboxylic acid groups (broad SMARTS) is 1. The average Bonchev–Trinajstić information content (AvgIpc) is 2.28. The number of nitro groups is 1. The Hall–Kier alpha value is -2.77. The van der Waals surface area contributed by atoms with Crippen molar-refractivity contribution >= 4 is 17.3 Å². The normalized spacial score (nSPS) is 12.3. The number of allylic oxidation sites excluding steroid dienone is 1. The smallest absolute Gasteiger partial charge is 0.359 e. The third-order valence-corrected chi connectivity index (χ3v) is 1.87. The Morgan fingerprint density at radius 1 is 1.28 bits per heavy atom. The summed E-state index contributed by atoms with van der Waals surface area (Å²) < 4.78 is 0. The molecule has 0 aliphatic heterocycles. The molecule has 0 saturated heterocycles. The minimum atomic E-state index is -1.42. The van der Waals surface area contributed by atoms with Gasteiger partial charge in [-0.25, -0.2) is 4.79 Å². The fraction of sp³-hybridized carbons (Fsp3) is 0.100. The maximum absolute atomic E-state index is 10.6. The van der Waals surface area contributed by atoms with Gasteiger partial charge in [0.15, 0.2) is 0 Å². The number of aliphatic hydroxyl groups is 1. The summed E-state index contributed by atoms with van der Waals surface area (Å²) in [5.41, 5.74) is -0.463. The Kier molecular flexibility index (Phi) is 4.08. The molecular weight excluding hydrogens is 242 g/mol. The van der Waals surface area contributed by atoms with Gasteiger partial charge in [-0.15, -0.1) is 5.11 Å². The molecule has 2 N–H and O–H groups in total. The van der Waals surface area contributed by atoms with E-state index >= 15 is 0 Å². The molecule has 0 bridgehead atoms. The first-order valence-electron chi connectivity index (χ1n) is 4.71. The number of rotatable bonds is 4. The Morgan fingerprint density at radius 2 is 1.83 bits per heavy atom. The van der Waals surface area contributed by atoms with E-state index < -0.39 is 22.3 Å². The van der Waals surface area contributed by atoms with Crippen molar-refractivity contribution < 1.29 is 19.9 Å². The summed E-state index contributed by atoms with van der Waals surface area (Å²) in [5, 5.41) is 35.0. The summed E-state index contributed by atoms with van der Waals surface area (Å²) in [6.45, 7) is 1.16. The Balaban J connectivity index is 2.94. The number of nitro benzene ring substituents is 1. The van der Waals surface area contributed by atoms with E-state index in [-0.39, 0.29) is 11.4 Å². The lowest BCUT2D eigenvalue weighted by Crippen LogP contribution is -2.00. The number of azo groups is 1. The highest BCUT2D eigenvalue weighted by Crippen LogP contribution is 2.19. The average molecular weight is 251 g/mol. The molecule has 1 aromatic rings. The van der Waals surface area contributed by atoms with Crippen LogP contribution in [0.1, 0.15) is 6.92 Å². The third kappa shape index (κ3) is 3.37. The zero-order chi connectivity index (χ0) is 13.7. The van der Waals surface area contributed by atoms with Crippen LogP contribution in [0.5, 0.6) is 0 Å². The fourth-order valence-corrected chi connectivity index (χ4v) is 1.02. The molecule has 94 valence electrons. The lowest BCUT2D eigenvalue weighted by atomic mass is 10.3. The summed E-state index contributed by atoms with van der Waals surface area (Å²) in [6.07, 6.45) is 0. The van der Waals surface area contributed by atoms with Crippen LogP contribution in [-0.4, -0.2) is 21.1 Å². The summed E-state index contributed by atoms with van der Waals surface area (Å²) >= 11 is 0. The number of carboxylic acids is 1. The van der Waals surface area contributed by atoms with Crippen LogP contribution in [0.3, 0.4) is 0 Å². The van der Waals surface area contributed by atoms with Gasteiger partial charge in [-0.1, -0.05) is 0 Å². The van der Waals surface area contributed by atoms with Gasteiger partial charge in [0.1, 0.15) is 5.76 Å². The third-order valence-electron chi connectivity index (χ3n) is 1.87. The van der Waals surface area contributed by atoms with Gasteiger partial charge in [-0.2, -0.15) is 5.11 Å². The predicted molar refractivity (Wildman–Crippen MR) is 60.6 cm³/mol. The number of hydrogen-bond donors (Lipinski definition) is 2. The zero-order valence-corrected chi connectivity index (χ0v) is 9.27. The summed E-state index contributed by atoms with van der Waals surface area (Å²) in [4.78, 5) is 20.5. The first-order valence-corrected chi connectivity index (χ1v) is 4.71. The van der Waals surface area contributed by atoms with Crippen molar-refractivity contribution in [2.24, 2.45) is 10.2 Å². The lowest BCUT2D eigenvalue weighted by Gasteiger charge is -1.95. The van der Waals surface area contributed by atoms with Gasteiger partial charge in [0.05, 0.1) is 10.6 Å². The molecule has 0 fully saturated rings. The summed E-state index contributed by atoms with van der Waals surface area (Å²) in [6, 6.07) is 5.05. The second-order valence-corrected chi connectivity index (χ2v) is 3.21. The lowest BCUT2D eigenvalue weighted by molar-refractivity contribution is -0.384. The first-order chi connectivity index (χ1) is 8.41. The van der Waals surface area contributed by atoms with Crippen molar-refractivity contribution in [3.8, 4) is 0 Å². The van der Waals surface area contributed by atoms with E-state index in [1.54, 1.807) is 0 Å². The molecule has 0 radical (unpaired) electrons. The molecule has 0 saturated carbocycles. The molecule has 0 unspecified atom stereocenters. The maximum Gasteiger partial charge on any atom is 0.359 e. The fourth-order valence-electron chi connectivity index (χ4n) is 1.02. The quantitative estimate of drug-likeness (QED) is 0.279. The van der Waals surface area contributed by atoms with Crippen molar-refractivity contribution in [3.63, 3.8) is 0 Å². The van der Waals surface area contributed by atoms with Crippen LogP contribution in [0.25, 0.3) is 0 Å². The Bertz CT molecular complexity index is 529. The molecule has 8 nitrogen and oxygen atoms in total. The van der Waals surface area contributed by atoms with Crippen molar-refractivity contribution in [1.82, 2.24) is 0 Å². The molecular formula is C10H9N3O5. The molecule has 0 amide bonds. The predicted octanol–water partition coefficient (Wildman–Crippen LogP) is 2.55. The number of aliphatic hydroxyl groups excluding tert-OH is 1. The topological polar surface area (TPSA) is 125 Å². The van der Waals surface area contributed by atoms with Crippen LogP contribution >= 0.6 is 0 Å². The number of aliphatic carboxylic acids is 1. The molecule has 8 heteroatoms. The summed E-state index contributed by atoms with van der Waals surface area (Å²) in [7, 11) is 0. The van der Waals surface area contributed by atoms with Crippen LogP contribution in [0.4, 0.5) is 11.4 Å². The second-order valence-electron chi connectivity index (χ2n) is 3.21. The first kappa shape index (κ1) is 13.3. The molecule has 1 rings (SSSR count). The largest absolute Gasteiger partial charge is 0.510 e. The van der Waals surface area contributed by atoms with Crippen molar-refractivity contribution in [3.05, 3.63) is 45.8 Å². The van der Waals surface area contributed by atoms with E-state index in [1.165, 1.54) is 24.3 Å². The molecule has 0 atom stereocenters. The molecule has 0 heterocycles. The van der Waals surface area contributed by atoms with Crippen LogP contribution in [0, 0.1) is 10.1 Å². The van der Waals surface area contributed by atoms with Gasteiger partial charge >= 0.3 is 5.97 Å². The highest BCUT2D eigenvalue weighted by atomic mass is 16.6. The van der Waals surface area contributed by atoms with E-state index in [2.05, 4.69) is 10.2 Å². The van der Waals surface area contributed by atoms with Gasteiger partial charge < -0.3 is 10.2 Å². The van der Waals surface area contributed by atoms with Gasteiger partial charge in [0, 0.05) is 12.1 Å². The van der Waals surface area contributed by atoms with Crippen molar-refractivity contribution in [2.75, 3.05) is 0 Å². The molecule has 0 aliphatic carbocycles. The number of carbonyl (C=O) groups is 1. The van der Waals surface area contributed by atoms with Gasteiger partial charge in [-0.05, 0) is 19.1 Å². The maximum atomic E-state index is 10.6. The number of benzene rings is 1. The number of nitrogens with zero attached hydrogens (tertiary/aromatic N) is 3. The van der Waals surface area contributed by atoms with Gasteiger partial charge in [-0.3, -0.25) is 10.1 Å². The van der Waals surface area contributed by atoms with E-state index in [4.69, 9.17) is 10.2 Å². The highest BCUT2D eigenvalue weighted by Gasteiger charge is 2.10. The molecule has 0 aromatic heterocycles. The van der Waals surface area contributed by atoms with Crippen molar-refractivity contribution in [2.45, 2.75) is 6.92 Å². The van der Waals surface area contributed by atoms with E-state index in [9.17, 15) is 14.9 Å². The van der Waals surface area contributed by atoms with Crippen molar-refractivity contribution in [1.29, 1.82) is 0 Å².